The van der Waals surface area contributed by atoms with Crippen LogP contribution in [-0.4, -0.2) is 50.1 Å². The van der Waals surface area contributed by atoms with Gasteiger partial charge >= 0.3 is 0 Å². The molecule has 1 aromatic carbocycles. The summed E-state index contributed by atoms with van der Waals surface area (Å²) < 4.78 is 13.2. The van der Waals surface area contributed by atoms with Gasteiger partial charge in [0, 0.05) is 26.2 Å². The molecule has 2 rings (SSSR count). The molecule has 25 heavy (non-hydrogen) atoms. The van der Waals surface area contributed by atoms with Crippen molar-refractivity contribution in [2.45, 2.75) is 33.1 Å². The lowest BCUT2D eigenvalue weighted by Gasteiger charge is -2.31. The monoisotopic (exact) mass is 462 g/mol. The lowest BCUT2D eigenvalue weighted by molar-refractivity contribution is 0.186. The third-order valence-electron chi connectivity index (χ3n) is 4.50. The molecule has 0 bridgehead atoms. The SMILES string of the molecule is CCNC(=NCC1CCCN(CC)C1)NCCc1cccc(F)c1.I. The summed E-state index contributed by atoms with van der Waals surface area (Å²) in [5.41, 5.74) is 1.00. The van der Waals surface area contributed by atoms with Gasteiger partial charge in [-0.15, -0.1) is 24.0 Å². The van der Waals surface area contributed by atoms with Gasteiger partial charge in [-0.25, -0.2) is 4.39 Å². The molecule has 0 aromatic heterocycles. The van der Waals surface area contributed by atoms with Gasteiger partial charge < -0.3 is 15.5 Å². The molecule has 4 nitrogen and oxygen atoms in total. The minimum atomic E-state index is -0.175. The highest BCUT2D eigenvalue weighted by molar-refractivity contribution is 14.0. The summed E-state index contributed by atoms with van der Waals surface area (Å²) in [5, 5.41) is 6.65. The Morgan fingerprint density at radius 1 is 1.32 bits per heavy atom. The molecular formula is C19H32FIN4. The van der Waals surface area contributed by atoms with Gasteiger partial charge in [-0.2, -0.15) is 0 Å². The number of nitrogens with one attached hydrogen (secondary N) is 2. The zero-order valence-corrected chi connectivity index (χ0v) is 17.8. The number of guanidine groups is 1. The van der Waals surface area contributed by atoms with Crippen LogP contribution in [0.5, 0.6) is 0 Å². The predicted molar refractivity (Wildman–Crippen MR) is 114 cm³/mol. The van der Waals surface area contributed by atoms with E-state index in [1.807, 2.05) is 6.07 Å². The van der Waals surface area contributed by atoms with Crippen LogP contribution in [0.2, 0.25) is 0 Å². The second kappa shape index (κ2) is 12.5. The minimum absolute atomic E-state index is 0. The van der Waals surface area contributed by atoms with Crippen molar-refractivity contribution in [3.8, 4) is 0 Å². The van der Waals surface area contributed by atoms with E-state index in [0.717, 1.165) is 50.7 Å². The molecule has 1 saturated heterocycles. The van der Waals surface area contributed by atoms with E-state index in [2.05, 4.69) is 29.4 Å². The molecule has 0 aliphatic carbocycles. The van der Waals surface area contributed by atoms with Crippen molar-refractivity contribution in [2.24, 2.45) is 10.9 Å². The molecule has 0 radical (unpaired) electrons. The molecule has 1 atom stereocenters. The molecular weight excluding hydrogens is 430 g/mol. The Labute approximate surface area is 168 Å². The van der Waals surface area contributed by atoms with Crippen molar-refractivity contribution in [1.82, 2.24) is 15.5 Å². The van der Waals surface area contributed by atoms with Gasteiger partial charge in [-0.1, -0.05) is 19.1 Å². The second-order valence-electron chi connectivity index (χ2n) is 6.43. The first-order valence-electron chi connectivity index (χ1n) is 9.20. The molecule has 1 fully saturated rings. The van der Waals surface area contributed by atoms with Gasteiger partial charge in [0.05, 0.1) is 0 Å². The second-order valence-corrected chi connectivity index (χ2v) is 6.43. The molecule has 0 spiro atoms. The van der Waals surface area contributed by atoms with E-state index in [-0.39, 0.29) is 29.8 Å². The third-order valence-corrected chi connectivity index (χ3v) is 4.50. The fourth-order valence-electron chi connectivity index (χ4n) is 3.17. The van der Waals surface area contributed by atoms with Crippen LogP contribution in [0.25, 0.3) is 0 Å². The number of rotatable bonds is 7. The fourth-order valence-corrected chi connectivity index (χ4v) is 3.17. The molecule has 1 unspecified atom stereocenters. The molecule has 0 amide bonds. The summed E-state index contributed by atoms with van der Waals surface area (Å²) in [6, 6.07) is 6.78. The smallest absolute Gasteiger partial charge is 0.191 e. The molecule has 0 saturated carbocycles. The third kappa shape index (κ3) is 8.35. The number of likely N-dealkylation sites (tertiary alicyclic amines) is 1. The molecule has 6 heteroatoms. The molecule has 1 aliphatic heterocycles. The Morgan fingerprint density at radius 2 is 2.16 bits per heavy atom. The summed E-state index contributed by atoms with van der Waals surface area (Å²) in [6.45, 7) is 10.3. The highest BCUT2D eigenvalue weighted by atomic mass is 127. The standard InChI is InChI=1S/C19H31FN4.HI/c1-3-21-19(22-11-10-16-7-5-9-18(20)13-16)23-14-17-8-6-12-24(4-2)15-17;/h5,7,9,13,17H,3-4,6,8,10-12,14-15H2,1-2H3,(H2,21,22,23);1H. The zero-order valence-electron chi connectivity index (χ0n) is 15.4. The highest BCUT2D eigenvalue weighted by Gasteiger charge is 2.18. The molecule has 1 heterocycles. The molecule has 1 aliphatic rings. The topological polar surface area (TPSA) is 39.7 Å². The van der Waals surface area contributed by atoms with Crippen molar-refractivity contribution < 1.29 is 4.39 Å². The van der Waals surface area contributed by atoms with Crippen LogP contribution in [0, 0.1) is 11.7 Å². The maximum absolute atomic E-state index is 13.2. The van der Waals surface area contributed by atoms with E-state index in [9.17, 15) is 4.39 Å². The largest absolute Gasteiger partial charge is 0.357 e. The van der Waals surface area contributed by atoms with Crippen LogP contribution in [0.3, 0.4) is 0 Å². The van der Waals surface area contributed by atoms with Crippen molar-refractivity contribution in [1.29, 1.82) is 0 Å². The predicted octanol–water partition coefficient (Wildman–Crippen LogP) is 3.27. The lowest BCUT2D eigenvalue weighted by atomic mass is 9.98. The van der Waals surface area contributed by atoms with E-state index in [1.165, 1.54) is 25.5 Å². The minimum Gasteiger partial charge on any atom is -0.357 e. The van der Waals surface area contributed by atoms with Crippen LogP contribution in [0.15, 0.2) is 29.3 Å². The summed E-state index contributed by atoms with van der Waals surface area (Å²) >= 11 is 0. The summed E-state index contributed by atoms with van der Waals surface area (Å²) in [4.78, 5) is 7.26. The number of benzene rings is 1. The Bertz CT molecular complexity index is 524. The molecule has 1 aromatic rings. The number of hydrogen-bond donors (Lipinski definition) is 2. The van der Waals surface area contributed by atoms with Crippen LogP contribution in [0.4, 0.5) is 4.39 Å². The maximum atomic E-state index is 13.2. The van der Waals surface area contributed by atoms with Gasteiger partial charge in [0.25, 0.3) is 0 Å². The average Bonchev–Trinajstić information content (AvgIpc) is 2.60. The first-order valence-corrected chi connectivity index (χ1v) is 9.20. The number of nitrogens with zero attached hydrogens (tertiary/aromatic N) is 2. The summed E-state index contributed by atoms with van der Waals surface area (Å²) in [6.07, 6.45) is 3.33. The molecule has 142 valence electrons. The van der Waals surface area contributed by atoms with Crippen LogP contribution < -0.4 is 10.6 Å². The average molecular weight is 462 g/mol. The lowest BCUT2D eigenvalue weighted by Crippen LogP contribution is -2.40. The number of halogens is 2. The Kier molecular flexibility index (Phi) is 11.0. The maximum Gasteiger partial charge on any atom is 0.191 e. The quantitative estimate of drug-likeness (QED) is 0.371. The van der Waals surface area contributed by atoms with Gasteiger partial charge in [-0.3, -0.25) is 4.99 Å². The van der Waals surface area contributed by atoms with Crippen LogP contribution in [-0.2, 0) is 6.42 Å². The van der Waals surface area contributed by atoms with Gasteiger partial charge in [0.15, 0.2) is 5.96 Å². The van der Waals surface area contributed by atoms with E-state index in [1.54, 1.807) is 12.1 Å². The molecule has 2 N–H and O–H groups in total. The van der Waals surface area contributed by atoms with Gasteiger partial charge in [0.2, 0.25) is 0 Å². The van der Waals surface area contributed by atoms with E-state index >= 15 is 0 Å². The summed E-state index contributed by atoms with van der Waals surface area (Å²) in [7, 11) is 0. The Hall–Kier alpha value is -0.890. The van der Waals surface area contributed by atoms with Crippen molar-refractivity contribution in [2.75, 3.05) is 39.3 Å². The van der Waals surface area contributed by atoms with E-state index < -0.39 is 0 Å². The van der Waals surface area contributed by atoms with Crippen LogP contribution >= 0.6 is 24.0 Å². The van der Waals surface area contributed by atoms with E-state index in [4.69, 9.17) is 4.99 Å². The highest BCUT2D eigenvalue weighted by Crippen LogP contribution is 2.16. The first kappa shape index (κ1) is 22.2. The number of hydrogen-bond acceptors (Lipinski definition) is 2. The number of piperidine rings is 1. The van der Waals surface area contributed by atoms with E-state index in [0.29, 0.717) is 5.92 Å². The normalized spacial score (nSPS) is 18.5. The van der Waals surface area contributed by atoms with Gasteiger partial charge in [0.1, 0.15) is 5.82 Å². The Balaban J connectivity index is 0.00000312. The van der Waals surface area contributed by atoms with Gasteiger partial charge in [-0.05, 0) is 62.9 Å². The van der Waals surface area contributed by atoms with Crippen LogP contribution in [0.1, 0.15) is 32.3 Å². The van der Waals surface area contributed by atoms with Crippen molar-refractivity contribution in [3.05, 3.63) is 35.6 Å². The Morgan fingerprint density at radius 3 is 2.88 bits per heavy atom. The fraction of sp³-hybridized carbons (Fsp3) is 0.632. The summed E-state index contributed by atoms with van der Waals surface area (Å²) in [5.74, 6) is 1.34. The van der Waals surface area contributed by atoms with Crippen molar-refractivity contribution >= 4 is 29.9 Å². The zero-order chi connectivity index (χ0) is 17.2. The number of aliphatic imine (C=N–C) groups is 1. The van der Waals surface area contributed by atoms with Crippen molar-refractivity contribution in [3.63, 3.8) is 0 Å². The first-order chi connectivity index (χ1) is 11.7.